The van der Waals surface area contributed by atoms with Crippen LogP contribution in [0.5, 0.6) is 0 Å². The quantitative estimate of drug-likeness (QED) is 0.562. The molecule has 0 radical (unpaired) electrons. The molecule has 10 heavy (non-hydrogen) atoms. The Bertz CT molecular complexity index is 200. The molecule has 0 aliphatic carbocycles. The molecule has 54 valence electrons. The molecule has 1 unspecified atom stereocenters. The van der Waals surface area contributed by atoms with Crippen molar-refractivity contribution in [1.82, 2.24) is 5.32 Å². The van der Waals surface area contributed by atoms with E-state index in [2.05, 4.69) is 22.5 Å². The summed E-state index contributed by atoms with van der Waals surface area (Å²) in [5.41, 5.74) is 0. The van der Waals surface area contributed by atoms with E-state index < -0.39 is 0 Å². The third kappa shape index (κ3) is 1.39. The lowest BCUT2D eigenvalue weighted by atomic mass is 10.1. The van der Waals surface area contributed by atoms with Gasteiger partial charge in [0.2, 0.25) is 5.91 Å². The number of carbonyl (C=O) groups excluding carboxylic acids is 1. The Morgan fingerprint density at radius 3 is 3.10 bits per heavy atom. The number of rotatable bonds is 1. The van der Waals surface area contributed by atoms with Crippen LogP contribution in [0.4, 0.5) is 0 Å². The van der Waals surface area contributed by atoms with E-state index in [0.717, 1.165) is 6.42 Å². The molecular formula is C6H8N2OS. The van der Waals surface area contributed by atoms with Crippen LogP contribution in [-0.4, -0.2) is 17.2 Å². The van der Waals surface area contributed by atoms with E-state index in [-0.39, 0.29) is 16.9 Å². The maximum atomic E-state index is 10.9. The molecule has 0 aromatic carbocycles. The van der Waals surface area contributed by atoms with Gasteiger partial charge in [0.05, 0.1) is 5.92 Å². The van der Waals surface area contributed by atoms with Crippen molar-refractivity contribution in [2.75, 3.05) is 0 Å². The molecule has 1 heterocycles. The van der Waals surface area contributed by atoms with Crippen molar-refractivity contribution in [3.8, 4) is 0 Å². The highest BCUT2D eigenvalue weighted by atomic mass is 32.1. The Balaban J connectivity index is 2.71. The summed E-state index contributed by atoms with van der Waals surface area (Å²) >= 11 is 4.65. The van der Waals surface area contributed by atoms with Gasteiger partial charge in [0.1, 0.15) is 0 Å². The molecule has 1 rings (SSSR count). The largest absolute Gasteiger partial charge is 0.301 e. The Labute approximate surface area is 64.5 Å². The maximum Gasteiger partial charge on any atom is 0.234 e. The smallest absolute Gasteiger partial charge is 0.234 e. The summed E-state index contributed by atoms with van der Waals surface area (Å²) in [4.78, 5) is 14.8. The molecule has 0 aromatic heterocycles. The first kappa shape index (κ1) is 7.34. The number of carbonyl (C=O) groups is 1. The highest BCUT2D eigenvalue weighted by Gasteiger charge is 2.18. The first-order valence-electron chi connectivity index (χ1n) is 3.13. The number of amides is 1. The number of aliphatic imine (C=N–C) groups is 1. The zero-order chi connectivity index (χ0) is 7.56. The van der Waals surface area contributed by atoms with Gasteiger partial charge in [-0.3, -0.25) is 4.79 Å². The van der Waals surface area contributed by atoms with Gasteiger partial charge in [-0.25, -0.2) is 4.99 Å². The number of hydrogen-bond acceptors (Lipinski definition) is 2. The Morgan fingerprint density at radius 1 is 1.90 bits per heavy atom. The van der Waals surface area contributed by atoms with Crippen LogP contribution < -0.4 is 5.32 Å². The molecule has 0 bridgehead atoms. The molecule has 0 saturated carbocycles. The van der Waals surface area contributed by atoms with Crippen LogP contribution >= 0.6 is 12.2 Å². The van der Waals surface area contributed by atoms with Gasteiger partial charge in [-0.2, -0.15) is 0 Å². The van der Waals surface area contributed by atoms with Crippen LogP contribution in [0.15, 0.2) is 4.99 Å². The fourth-order valence-corrected chi connectivity index (χ4v) is 0.908. The normalized spacial score (nSPS) is 24.7. The van der Waals surface area contributed by atoms with Gasteiger partial charge >= 0.3 is 0 Å². The van der Waals surface area contributed by atoms with Crippen molar-refractivity contribution < 1.29 is 4.79 Å². The van der Waals surface area contributed by atoms with E-state index in [4.69, 9.17) is 0 Å². The maximum absolute atomic E-state index is 10.9. The van der Waals surface area contributed by atoms with Crippen LogP contribution in [0, 0.1) is 5.92 Å². The average molecular weight is 156 g/mol. The molecule has 0 saturated heterocycles. The predicted octanol–water partition coefficient (Wildman–Crippen LogP) is 0.498. The van der Waals surface area contributed by atoms with Gasteiger partial charge in [-0.05, 0) is 18.6 Å². The van der Waals surface area contributed by atoms with Crippen LogP contribution in [0.25, 0.3) is 0 Å². The molecule has 3 nitrogen and oxygen atoms in total. The molecule has 4 heteroatoms. The van der Waals surface area contributed by atoms with E-state index in [0.29, 0.717) is 0 Å². The van der Waals surface area contributed by atoms with Crippen molar-refractivity contribution in [2.45, 2.75) is 13.3 Å². The molecule has 1 aliphatic rings. The van der Waals surface area contributed by atoms with E-state index >= 15 is 0 Å². The molecule has 1 amide bonds. The lowest BCUT2D eigenvalue weighted by molar-refractivity contribution is -0.121. The summed E-state index contributed by atoms with van der Waals surface area (Å²) < 4.78 is 0. The SMILES string of the molecule is CCC1C=NC(=S)NC1=O. The fourth-order valence-electron chi connectivity index (χ4n) is 0.747. The number of nitrogens with one attached hydrogen (secondary N) is 1. The van der Waals surface area contributed by atoms with Crippen molar-refractivity contribution in [2.24, 2.45) is 10.9 Å². The highest BCUT2D eigenvalue weighted by molar-refractivity contribution is 7.80. The monoisotopic (exact) mass is 156 g/mol. The summed E-state index contributed by atoms with van der Waals surface area (Å²) in [5.74, 6) is -0.130. The summed E-state index contributed by atoms with van der Waals surface area (Å²) in [6.07, 6.45) is 2.37. The van der Waals surface area contributed by atoms with Gasteiger partial charge in [0.25, 0.3) is 0 Å². The predicted molar refractivity (Wildman–Crippen MR) is 43.0 cm³/mol. The van der Waals surface area contributed by atoms with Gasteiger partial charge < -0.3 is 5.32 Å². The van der Waals surface area contributed by atoms with Crippen molar-refractivity contribution in [3.63, 3.8) is 0 Å². The lowest BCUT2D eigenvalue weighted by Crippen LogP contribution is -2.38. The fraction of sp³-hybridized carbons (Fsp3) is 0.500. The topological polar surface area (TPSA) is 41.5 Å². The van der Waals surface area contributed by atoms with Crippen LogP contribution in [-0.2, 0) is 4.79 Å². The average Bonchev–Trinajstić information content (AvgIpc) is 1.88. The third-order valence-electron chi connectivity index (χ3n) is 1.38. The first-order valence-corrected chi connectivity index (χ1v) is 3.54. The minimum absolute atomic E-state index is 0.0394. The zero-order valence-electron chi connectivity index (χ0n) is 5.63. The van der Waals surface area contributed by atoms with Crippen molar-refractivity contribution >= 4 is 29.5 Å². The number of thiocarbonyl (C=S) groups is 1. The molecule has 0 fully saturated rings. The zero-order valence-corrected chi connectivity index (χ0v) is 6.44. The van der Waals surface area contributed by atoms with Gasteiger partial charge in [0, 0.05) is 6.21 Å². The van der Waals surface area contributed by atoms with Crippen LogP contribution in [0.2, 0.25) is 0 Å². The molecule has 1 aliphatic heterocycles. The Hall–Kier alpha value is -0.770. The lowest BCUT2D eigenvalue weighted by Gasteiger charge is -2.13. The molecule has 1 atom stereocenters. The minimum Gasteiger partial charge on any atom is -0.301 e. The number of nitrogens with zero attached hydrogens (tertiary/aromatic N) is 1. The third-order valence-corrected chi connectivity index (χ3v) is 1.59. The highest BCUT2D eigenvalue weighted by Crippen LogP contribution is 2.02. The molecule has 0 spiro atoms. The van der Waals surface area contributed by atoms with E-state index in [1.807, 2.05) is 6.92 Å². The van der Waals surface area contributed by atoms with Gasteiger partial charge in [0.15, 0.2) is 5.11 Å². The second-order valence-electron chi connectivity index (χ2n) is 2.09. The van der Waals surface area contributed by atoms with Crippen LogP contribution in [0.1, 0.15) is 13.3 Å². The van der Waals surface area contributed by atoms with Gasteiger partial charge in [-0.15, -0.1) is 0 Å². The second-order valence-corrected chi connectivity index (χ2v) is 2.47. The summed E-state index contributed by atoms with van der Waals surface area (Å²) in [6, 6.07) is 0. The first-order chi connectivity index (χ1) is 4.74. The van der Waals surface area contributed by atoms with Crippen molar-refractivity contribution in [3.05, 3.63) is 0 Å². The molecular weight excluding hydrogens is 148 g/mol. The number of hydrogen-bond donors (Lipinski definition) is 1. The van der Waals surface area contributed by atoms with E-state index in [1.165, 1.54) is 0 Å². The molecule has 0 aromatic rings. The van der Waals surface area contributed by atoms with E-state index in [1.54, 1.807) is 6.21 Å². The Morgan fingerprint density at radius 2 is 2.60 bits per heavy atom. The van der Waals surface area contributed by atoms with Crippen molar-refractivity contribution in [1.29, 1.82) is 0 Å². The summed E-state index contributed by atoms with van der Waals surface area (Å²) in [5, 5.41) is 2.75. The summed E-state index contributed by atoms with van der Waals surface area (Å²) in [7, 11) is 0. The molecule has 1 N–H and O–H groups in total. The summed E-state index contributed by atoms with van der Waals surface area (Å²) in [6.45, 7) is 1.94. The standard InChI is InChI=1S/C6H8N2OS/c1-2-4-3-7-6(10)8-5(4)9/h3-4H,2H2,1H3,(H,8,9,10). The van der Waals surface area contributed by atoms with E-state index in [9.17, 15) is 4.79 Å². The van der Waals surface area contributed by atoms with Crippen LogP contribution in [0.3, 0.4) is 0 Å². The second kappa shape index (κ2) is 2.88. The Kier molecular flexibility index (Phi) is 2.11. The minimum atomic E-state index is -0.0910. The van der Waals surface area contributed by atoms with Gasteiger partial charge in [-0.1, -0.05) is 6.92 Å².